The van der Waals surface area contributed by atoms with E-state index in [0.717, 1.165) is 0 Å². The number of nitrogens with two attached hydrogens (primary N) is 1. The Bertz CT molecular complexity index is 1210. The lowest BCUT2D eigenvalue weighted by Gasteiger charge is -2.38. The second-order valence-corrected chi connectivity index (χ2v) is 7.27. The Hall–Kier alpha value is -3.76. The molecule has 2 aromatic carbocycles. The van der Waals surface area contributed by atoms with Crippen molar-refractivity contribution in [3.05, 3.63) is 81.8 Å². The zero-order valence-corrected chi connectivity index (χ0v) is 15.7. The predicted octanol–water partition coefficient (Wildman–Crippen LogP) is 2.55. The summed E-state index contributed by atoms with van der Waals surface area (Å²) in [6.45, 7) is -0.0621. The van der Waals surface area contributed by atoms with Gasteiger partial charge < -0.3 is 15.8 Å². The summed E-state index contributed by atoms with van der Waals surface area (Å²) < 4.78 is 5.31. The van der Waals surface area contributed by atoms with Crippen LogP contribution in [-0.2, 0) is 19.7 Å². The summed E-state index contributed by atoms with van der Waals surface area (Å²) in [5.74, 6) is -1.08. The molecule has 5 rings (SSSR count). The molecule has 0 saturated heterocycles. The minimum atomic E-state index is -1.64. The molecule has 7 nitrogen and oxygen atoms in total. The van der Waals surface area contributed by atoms with Crippen molar-refractivity contribution in [1.82, 2.24) is 0 Å². The van der Waals surface area contributed by atoms with Gasteiger partial charge in [0.05, 0.1) is 16.8 Å². The summed E-state index contributed by atoms with van der Waals surface area (Å²) in [4.78, 5) is 27.7. The number of rotatable bonds is 1. The van der Waals surface area contributed by atoms with Gasteiger partial charge in [-0.15, -0.1) is 0 Å². The van der Waals surface area contributed by atoms with Gasteiger partial charge in [0.2, 0.25) is 5.91 Å². The number of hydrogen-bond acceptors (Lipinski definition) is 6. The monoisotopic (exact) mass is 404 g/mol. The van der Waals surface area contributed by atoms with E-state index in [1.54, 1.807) is 53.4 Å². The van der Waals surface area contributed by atoms with Crippen molar-refractivity contribution in [2.45, 2.75) is 5.41 Å². The topological polar surface area (TPSA) is 108 Å². The number of nitriles is 1. The third-order valence-corrected chi connectivity index (χ3v) is 5.72. The van der Waals surface area contributed by atoms with Gasteiger partial charge in [-0.25, -0.2) is 4.79 Å². The smallest absolute Gasteiger partial charge is 0.338 e. The summed E-state index contributed by atoms with van der Waals surface area (Å²) >= 11 is 5.99. The molecule has 0 unspecified atom stereocenters. The van der Waals surface area contributed by atoms with E-state index in [9.17, 15) is 14.9 Å². The predicted molar refractivity (Wildman–Crippen MR) is 105 cm³/mol. The Morgan fingerprint density at radius 2 is 1.90 bits per heavy atom. The first-order valence-electron chi connectivity index (χ1n) is 8.78. The van der Waals surface area contributed by atoms with Crippen LogP contribution in [0.2, 0.25) is 5.02 Å². The zero-order chi connectivity index (χ0) is 20.3. The molecule has 0 radical (unpaired) electrons. The number of carbonyl (C=O) groups excluding carboxylic acids is 2. The Morgan fingerprint density at radius 3 is 2.62 bits per heavy atom. The Kier molecular flexibility index (Phi) is 3.51. The molecule has 1 spiro atoms. The summed E-state index contributed by atoms with van der Waals surface area (Å²) in [6, 6.07) is 15.8. The van der Waals surface area contributed by atoms with E-state index in [4.69, 9.17) is 22.1 Å². The molecule has 0 saturated carbocycles. The fourth-order valence-electron chi connectivity index (χ4n) is 4.30. The van der Waals surface area contributed by atoms with E-state index in [1.165, 1.54) is 0 Å². The molecule has 0 bridgehead atoms. The van der Waals surface area contributed by atoms with Gasteiger partial charge in [-0.2, -0.15) is 5.26 Å². The van der Waals surface area contributed by atoms with E-state index < -0.39 is 17.3 Å². The number of fused-ring (bicyclic) bond motifs is 3. The van der Waals surface area contributed by atoms with E-state index in [-0.39, 0.29) is 23.6 Å². The molecule has 0 fully saturated rings. The molecule has 8 heteroatoms. The molecular weight excluding hydrogens is 392 g/mol. The number of hydrogen-bond donors (Lipinski definition) is 2. The SMILES string of the molecule is N#CC1=C(N)N(c2ccc(Cl)cc2)C2=C(C(=O)OC2)[C@@]12C(=O)Nc1ccccc12. The number of amides is 1. The number of halogens is 1. The van der Waals surface area contributed by atoms with Crippen molar-refractivity contribution in [3.8, 4) is 6.07 Å². The van der Waals surface area contributed by atoms with Crippen molar-refractivity contribution in [3.63, 3.8) is 0 Å². The highest BCUT2D eigenvalue weighted by Crippen LogP contribution is 2.54. The van der Waals surface area contributed by atoms with Gasteiger partial charge in [-0.3, -0.25) is 9.69 Å². The second-order valence-electron chi connectivity index (χ2n) is 6.83. The van der Waals surface area contributed by atoms with Crippen molar-refractivity contribution in [2.24, 2.45) is 5.73 Å². The molecule has 0 aliphatic carbocycles. The third-order valence-electron chi connectivity index (χ3n) is 5.47. The second kappa shape index (κ2) is 5.87. The number of benzene rings is 2. The number of esters is 1. The normalized spacial score (nSPS) is 22.4. The minimum absolute atomic E-state index is 0.0208. The molecule has 1 atom stereocenters. The molecule has 142 valence electrons. The van der Waals surface area contributed by atoms with Crippen LogP contribution in [0, 0.1) is 11.3 Å². The number of cyclic esters (lactones) is 1. The summed E-state index contributed by atoms with van der Waals surface area (Å²) in [5, 5.41) is 13.4. The summed E-state index contributed by atoms with van der Waals surface area (Å²) in [6.07, 6.45) is 0. The molecule has 3 heterocycles. The third kappa shape index (κ3) is 2.06. The quantitative estimate of drug-likeness (QED) is 0.707. The zero-order valence-electron chi connectivity index (χ0n) is 14.9. The largest absolute Gasteiger partial charge is 0.456 e. The fourth-order valence-corrected chi connectivity index (χ4v) is 4.42. The van der Waals surface area contributed by atoms with Crippen LogP contribution in [-0.4, -0.2) is 18.5 Å². The van der Waals surface area contributed by atoms with Crippen LogP contribution in [0.4, 0.5) is 11.4 Å². The minimum Gasteiger partial charge on any atom is -0.456 e. The van der Waals surface area contributed by atoms with Gasteiger partial charge in [-0.1, -0.05) is 29.8 Å². The van der Waals surface area contributed by atoms with Gasteiger partial charge in [0.1, 0.15) is 23.9 Å². The Labute approximate surface area is 170 Å². The standard InChI is InChI=1S/C21H13ClN4O3/c22-11-5-7-12(8-6-11)26-16-10-29-19(27)17(16)21(14(9-23)18(26)24)13-3-1-2-4-15(13)25-20(21)28/h1-8H,10,24H2,(H,25,28)/t21-/m0/s1. The first kappa shape index (κ1) is 17.3. The van der Waals surface area contributed by atoms with Crippen molar-refractivity contribution >= 4 is 34.9 Å². The number of nitrogens with zero attached hydrogens (tertiary/aromatic N) is 2. The Balaban J connectivity index is 1.86. The highest BCUT2D eigenvalue weighted by Gasteiger charge is 2.61. The van der Waals surface area contributed by atoms with E-state index in [2.05, 4.69) is 11.4 Å². The van der Waals surface area contributed by atoms with Crippen molar-refractivity contribution < 1.29 is 14.3 Å². The van der Waals surface area contributed by atoms with Gasteiger partial charge in [0, 0.05) is 22.0 Å². The van der Waals surface area contributed by atoms with E-state index in [0.29, 0.717) is 27.7 Å². The number of carbonyl (C=O) groups is 2. The maximum absolute atomic E-state index is 13.3. The number of nitrogens with one attached hydrogen (secondary N) is 1. The molecule has 2 aromatic rings. The molecule has 3 N–H and O–H groups in total. The maximum Gasteiger partial charge on any atom is 0.338 e. The highest BCUT2D eigenvalue weighted by atomic mass is 35.5. The highest BCUT2D eigenvalue weighted by molar-refractivity contribution is 6.30. The maximum atomic E-state index is 13.3. The van der Waals surface area contributed by atoms with Gasteiger partial charge in [0.15, 0.2) is 0 Å². The average molecular weight is 405 g/mol. The van der Waals surface area contributed by atoms with E-state index >= 15 is 0 Å². The first-order valence-corrected chi connectivity index (χ1v) is 9.15. The Morgan fingerprint density at radius 1 is 1.17 bits per heavy atom. The molecule has 29 heavy (non-hydrogen) atoms. The van der Waals surface area contributed by atoms with Crippen LogP contribution in [0.25, 0.3) is 0 Å². The van der Waals surface area contributed by atoms with Crippen LogP contribution in [0.1, 0.15) is 5.56 Å². The first-order chi connectivity index (χ1) is 14.0. The number of ether oxygens (including phenoxy) is 1. The van der Waals surface area contributed by atoms with Gasteiger partial charge in [-0.05, 0) is 30.3 Å². The summed E-state index contributed by atoms with van der Waals surface area (Å²) in [5.41, 5.74) is 6.97. The molecule has 3 aliphatic heterocycles. The lowest BCUT2D eigenvalue weighted by molar-refractivity contribution is -0.137. The van der Waals surface area contributed by atoms with Crippen LogP contribution in [0.15, 0.2) is 71.2 Å². The van der Waals surface area contributed by atoms with Gasteiger partial charge in [0.25, 0.3) is 0 Å². The molecule has 0 aromatic heterocycles. The lowest BCUT2D eigenvalue weighted by Crippen LogP contribution is -2.48. The van der Waals surface area contributed by atoms with Crippen molar-refractivity contribution in [1.29, 1.82) is 5.26 Å². The average Bonchev–Trinajstić information content (AvgIpc) is 3.22. The lowest BCUT2D eigenvalue weighted by atomic mass is 9.67. The number of para-hydroxylation sites is 1. The molecule has 1 amide bonds. The van der Waals surface area contributed by atoms with Crippen LogP contribution >= 0.6 is 11.6 Å². The fraction of sp³-hybridized carbons (Fsp3) is 0.0952. The van der Waals surface area contributed by atoms with Crippen molar-refractivity contribution in [2.75, 3.05) is 16.8 Å². The van der Waals surface area contributed by atoms with Gasteiger partial charge >= 0.3 is 5.97 Å². The van der Waals surface area contributed by atoms with Crippen LogP contribution in [0.3, 0.4) is 0 Å². The molecule has 3 aliphatic rings. The molecular formula is C21H13ClN4O3. The van der Waals surface area contributed by atoms with Crippen LogP contribution in [0.5, 0.6) is 0 Å². The van der Waals surface area contributed by atoms with E-state index in [1.807, 2.05) is 0 Å². The van der Waals surface area contributed by atoms with Crippen LogP contribution < -0.4 is 16.0 Å². The summed E-state index contributed by atoms with van der Waals surface area (Å²) in [7, 11) is 0. The number of anilines is 2.